The Morgan fingerprint density at radius 3 is 2.76 bits per heavy atom. The molecule has 0 bridgehead atoms. The van der Waals surface area contributed by atoms with Crippen LogP contribution in [0.1, 0.15) is 29.6 Å². The SMILES string of the molecule is CNCCC1CCN(C(=O)c2cnn(-c3ccc(Cl)cc3Cl)c2)CC1. The van der Waals surface area contributed by atoms with Crippen LogP contribution in [0.4, 0.5) is 0 Å². The number of aromatic nitrogens is 2. The van der Waals surface area contributed by atoms with Crippen molar-refractivity contribution in [2.75, 3.05) is 26.7 Å². The lowest BCUT2D eigenvalue weighted by Gasteiger charge is -2.31. The van der Waals surface area contributed by atoms with Crippen molar-refractivity contribution in [1.82, 2.24) is 20.0 Å². The van der Waals surface area contributed by atoms with E-state index in [0.29, 0.717) is 27.2 Å². The quantitative estimate of drug-likeness (QED) is 0.861. The number of hydrogen-bond donors (Lipinski definition) is 1. The molecule has 25 heavy (non-hydrogen) atoms. The molecule has 0 atom stereocenters. The average Bonchev–Trinajstić information content (AvgIpc) is 3.09. The van der Waals surface area contributed by atoms with E-state index in [0.717, 1.165) is 32.5 Å². The van der Waals surface area contributed by atoms with Gasteiger partial charge in [0.05, 0.1) is 22.5 Å². The van der Waals surface area contributed by atoms with E-state index in [9.17, 15) is 4.79 Å². The third kappa shape index (κ3) is 4.35. The molecule has 1 fully saturated rings. The standard InChI is InChI=1S/C18H22Cl2N4O/c1-21-7-4-13-5-8-23(9-6-13)18(25)14-11-22-24(12-14)17-3-2-15(19)10-16(17)20/h2-3,10-13,21H,4-9H2,1H3. The lowest BCUT2D eigenvalue weighted by atomic mass is 9.93. The van der Waals surface area contributed by atoms with Crippen LogP contribution in [0, 0.1) is 5.92 Å². The first-order chi connectivity index (χ1) is 12.1. The highest BCUT2D eigenvalue weighted by atomic mass is 35.5. The highest BCUT2D eigenvalue weighted by molar-refractivity contribution is 6.35. The van der Waals surface area contributed by atoms with Crippen LogP contribution >= 0.6 is 23.2 Å². The number of piperidine rings is 1. The average molecular weight is 381 g/mol. The second kappa shape index (κ2) is 8.21. The maximum atomic E-state index is 12.7. The minimum absolute atomic E-state index is 0.0309. The van der Waals surface area contributed by atoms with Crippen molar-refractivity contribution < 1.29 is 4.79 Å². The minimum Gasteiger partial charge on any atom is -0.339 e. The van der Waals surface area contributed by atoms with E-state index in [1.807, 2.05) is 11.9 Å². The topological polar surface area (TPSA) is 50.2 Å². The van der Waals surface area contributed by atoms with Gasteiger partial charge >= 0.3 is 0 Å². The van der Waals surface area contributed by atoms with Crippen molar-refractivity contribution in [2.24, 2.45) is 5.92 Å². The molecule has 1 saturated heterocycles. The lowest BCUT2D eigenvalue weighted by molar-refractivity contribution is 0.0687. The Bertz CT molecular complexity index is 738. The summed E-state index contributed by atoms with van der Waals surface area (Å²) in [5, 5.41) is 8.54. The summed E-state index contributed by atoms with van der Waals surface area (Å²) in [6, 6.07) is 5.21. The summed E-state index contributed by atoms with van der Waals surface area (Å²) in [6.07, 6.45) is 6.62. The van der Waals surface area contributed by atoms with Gasteiger partial charge in [-0.1, -0.05) is 23.2 Å². The van der Waals surface area contributed by atoms with Crippen LogP contribution in [0.5, 0.6) is 0 Å². The molecule has 0 radical (unpaired) electrons. The van der Waals surface area contributed by atoms with Crippen LogP contribution in [0.3, 0.4) is 0 Å². The number of rotatable bonds is 5. The Morgan fingerprint density at radius 1 is 1.32 bits per heavy atom. The summed E-state index contributed by atoms with van der Waals surface area (Å²) in [6.45, 7) is 2.65. The number of nitrogens with one attached hydrogen (secondary N) is 1. The number of likely N-dealkylation sites (tertiary alicyclic amines) is 1. The van der Waals surface area contributed by atoms with Crippen molar-refractivity contribution in [3.63, 3.8) is 0 Å². The predicted octanol–water partition coefficient (Wildman–Crippen LogP) is 3.64. The maximum Gasteiger partial charge on any atom is 0.257 e. The second-order valence-corrected chi connectivity index (χ2v) is 7.24. The molecule has 1 aromatic carbocycles. The van der Waals surface area contributed by atoms with Crippen LogP contribution in [0.25, 0.3) is 5.69 Å². The van der Waals surface area contributed by atoms with Crippen molar-refractivity contribution in [3.8, 4) is 5.69 Å². The van der Waals surface area contributed by atoms with Crippen molar-refractivity contribution in [3.05, 3.63) is 46.2 Å². The van der Waals surface area contributed by atoms with Crippen LogP contribution in [-0.4, -0.2) is 47.3 Å². The molecule has 134 valence electrons. The number of carbonyl (C=O) groups excluding carboxylic acids is 1. The molecule has 1 aromatic heterocycles. The molecular weight excluding hydrogens is 359 g/mol. The molecule has 2 aromatic rings. The molecule has 0 saturated carbocycles. The molecule has 0 aliphatic carbocycles. The zero-order valence-corrected chi connectivity index (χ0v) is 15.7. The Labute approximate surface area is 157 Å². The van der Waals surface area contributed by atoms with Gasteiger partial charge in [-0.3, -0.25) is 4.79 Å². The summed E-state index contributed by atoms with van der Waals surface area (Å²) < 4.78 is 1.62. The summed E-state index contributed by atoms with van der Waals surface area (Å²) in [7, 11) is 1.98. The van der Waals surface area contributed by atoms with Gasteiger partial charge in [-0.05, 0) is 57.0 Å². The molecule has 1 amide bonds. The predicted molar refractivity (Wildman–Crippen MR) is 101 cm³/mol. The molecule has 3 rings (SSSR count). The molecule has 1 N–H and O–H groups in total. The van der Waals surface area contributed by atoms with E-state index in [4.69, 9.17) is 23.2 Å². The zero-order valence-electron chi connectivity index (χ0n) is 14.2. The molecule has 0 spiro atoms. The van der Waals surface area contributed by atoms with Gasteiger partial charge in [0.2, 0.25) is 0 Å². The van der Waals surface area contributed by atoms with Gasteiger partial charge in [-0.2, -0.15) is 5.10 Å². The highest BCUT2D eigenvalue weighted by Gasteiger charge is 2.24. The summed E-state index contributed by atoms with van der Waals surface area (Å²) >= 11 is 12.1. The normalized spacial score (nSPS) is 15.6. The monoisotopic (exact) mass is 380 g/mol. The largest absolute Gasteiger partial charge is 0.339 e. The van der Waals surface area contributed by atoms with Gasteiger partial charge in [0.15, 0.2) is 0 Å². The molecule has 0 unspecified atom stereocenters. The third-order valence-corrected chi connectivity index (χ3v) is 5.23. The van der Waals surface area contributed by atoms with Gasteiger partial charge in [-0.15, -0.1) is 0 Å². The molecule has 7 heteroatoms. The van der Waals surface area contributed by atoms with E-state index in [1.54, 1.807) is 35.3 Å². The van der Waals surface area contributed by atoms with E-state index in [2.05, 4.69) is 10.4 Å². The van der Waals surface area contributed by atoms with Gasteiger partial charge in [0, 0.05) is 24.3 Å². The lowest BCUT2D eigenvalue weighted by Crippen LogP contribution is -2.38. The first kappa shape index (κ1) is 18.2. The highest BCUT2D eigenvalue weighted by Crippen LogP contribution is 2.25. The molecule has 1 aliphatic rings. The summed E-state index contributed by atoms with van der Waals surface area (Å²) in [5.41, 5.74) is 1.29. The maximum absolute atomic E-state index is 12.7. The second-order valence-electron chi connectivity index (χ2n) is 6.40. The zero-order chi connectivity index (χ0) is 17.8. The van der Waals surface area contributed by atoms with Crippen LogP contribution < -0.4 is 5.32 Å². The Balaban J connectivity index is 1.65. The first-order valence-electron chi connectivity index (χ1n) is 8.52. The number of hydrogen-bond acceptors (Lipinski definition) is 3. The van der Waals surface area contributed by atoms with Gasteiger partial charge in [0.25, 0.3) is 5.91 Å². The first-order valence-corrected chi connectivity index (χ1v) is 9.28. The van der Waals surface area contributed by atoms with E-state index in [1.165, 1.54) is 6.42 Å². The Morgan fingerprint density at radius 2 is 2.08 bits per heavy atom. The molecular formula is C18H22Cl2N4O. The minimum atomic E-state index is 0.0309. The van der Waals surface area contributed by atoms with Crippen molar-refractivity contribution >= 4 is 29.1 Å². The Hall–Kier alpha value is -1.56. The van der Waals surface area contributed by atoms with Gasteiger partial charge < -0.3 is 10.2 Å². The number of amides is 1. The van der Waals surface area contributed by atoms with E-state index >= 15 is 0 Å². The van der Waals surface area contributed by atoms with Gasteiger partial charge in [-0.25, -0.2) is 4.68 Å². The molecule has 1 aliphatic heterocycles. The number of benzene rings is 1. The number of halogens is 2. The van der Waals surface area contributed by atoms with Crippen molar-refractivity contribution in [1.29, 1.82) is 0 Å². The fourth-order valence-corrected chi connectivity index (χ4v) is 3.68. The summed E-state index contributed by atoms with van der Waals surface area (Å²) in [5.74, 6) is 0.732. The fourth-order valence-electron chi connectivity index (χ4n) is 3.19. The molecule has 5 nitrogen and oxygen atoms in total. The third-order valence-electron chi connectivity index (χ3n) is 4.69. The fraction of sp³-hybridized carbons (Fsp3) is 0.444. The number of nitrogens with zero attached hydrogens (tertiary/aromatic N) is 3. The smallest absolute Gasteiger partial charge is 0.257 e. The van der Waals surface area contributed by atoms with Crippen LogP contribution in [0.15, 0.2) is 30.6 Å². The number of carbonyl (C=O) groups is 1. The van der Waals surface area contributed by atoms with Crippen LogP contribution in [0.2, 0.25) is 10.0 Å². The van der Waals surface area contributed by atoms with E-state index < -0.39 is 0 Å². The van der Waals surface area contributed by atoms with Crippen molar-refractivity contribution in [2.45, 2.75) is 19.3 Å². The summed E-state index contributed by atoms with van der Waals surface area (Å²) in [4.78, 5) is 14.6. The van der Waals surface area contributed by atoms with Gasteiger partial charge in [0.1, 0.15) is 0 Å². The Kier molecular flexibility index (Phi) is 5.99. The van der Waals surface area contributed by atoms with Crippen LogP contribution in [-0.2, 0) is 0 Å². The van der Waals surface area contributed by atoms with E-state index in [-0.39, 0.29) is 5.91 Å². The molecule has 2 heterocycles.